The molecule has 8 nitrogen and oxygen atoms in total. The predicted octanol–water partition coefficient (Wildman–Crippen LogP) is 2.04. The fourth-order valence-corrected chi connectivity index (χ4v) is 3.54. The summed E-state index contributed by atoms with van der Waals surface area (Å²) in [7, 11) is 1.79. The second kappa shape index (κ2) is 9.30. The molecule has 156 valence electrons. The number of carbonyl (C=O) groups is 1. The lowest BCUT2D eigenvalue weighted by Crippen LogP contribution is -2.53. The van der Waals surface area contributed by atoms with E-state index in [9.17, 15) is 4.79 Å². The van der Waals surface area contributed by atoms with E-state index in [1.165, 1.54) is 6.26 Å². The first-order chi connectivity index (χ1) is 14.7. The lowest BCUT2D eigenvalue weighted by atomic mass is 10.2. The number of carbonyl (C=O) groups excluding carboxylic acids is 1. The molecule has 4 rings (SSSR count). The maximum atomic E-state index is 12.4. The van der Waals surface area contributed by atoms with Crippen LogP contribution in [0, 0.1) is 0 Å². The number of hydrogen-bond donors (Lipinski definition) is 1. The predicted molar refractivity (Wildman–Crippen MR) is 115 cm³/mol. The molecular formula is C22H26N6O2. The highest BCUT2D eigenvalue weighted by atomic mass is 16.3. The van der Waals surface area contributed by atoms with Gasteiger partial charge in [-0.05, 0) is 36.2 Å². The van der Waals surface area contributed by atoms with E-state index in [-0.39, 0.29) is 5.91 Å². The highest BCUT2D eigenvalue weighted by Crippen LogP contribution is 2.10. The van der Waals surface area contributed by atoms with Crippen molar-refractivity contribution in [1.82, 2.24) is 24.9 Å². The molecule has 0 atom stereocenters. The van der Waals surface area contributed by atoms with Crippen molar-refractivity contribution in [2.75, 3.05) is 39.8 Å². The molecule has 3 heterocycles. The minimum Gasteiger partial charge on any atom is -0.459 e. The van der Waals surface area contributed by atoms with E-state index in [2.05, 4.69) is 26.5 Å². The molecule has 1 N–H and O–H groups in total. The van der Waals surface area contributed by atoms with Crippen LogP contribution in [0.4, 0.5) is 0 Å². The Kier molecular flexibility index (Phi) is 6.12. The highest BCUT2D eigenvalue weighted by Gasteiger charge is 2.25. The van der Waals surface area contributed by atoms with Gasteiger partial charge in [0.05, 0.1) is 18.1 Å². The van der Waals surface area contributed by atoms with Crippen molar-refractivity contribution in [2.24, 2.45) is 4.99 Å². The molecule has 0 bridgehead atoms. The molecule has 1 aromatic carbocycles. The topological polar surface area (TPSA) is 78.9 Å². The molecule has 2 aromatic heterocycles. The van der Waals surface area contributed by atoms with E-state index in [1.54, 1.807) is 19.2 Å². The number of furan rings is 1. The molecule has 0 spiro atoms. The Bertz CT molecular complexity index is 972. The van der Waals surface area contributed by atoms with Crippen molar-refractivity contribution < 1.29 is 9.21 Å². The highest BCUT2D eigenvalue weighted by molar-refractivity contribution is 5.91. The minimum absolute atomic E-state index is 0.0574. The summed E-state index contributed by atoms with van der Waals surface area (Å²) in [6.07, 6.45) is 6.33. The average molecular weight is 406 g/mol. The number of nitrogens with one attached hydrogen (secondary N) is 1. The van der Waals surface area contributed by atoms with Gasteiger partial charge in [0.1, 0.15) is 0 Å². The van der Waals surface area contributed by atoms with E-state index in [0.717, 1.165) is 43.3 Å². The van der Waals surface area contributed by atoms with Gasteiger partial charge in [0, 0.05) is 46.0 Å². The number of aromatic nitrogens is 2. The molecule has 0 aliphatic carbocycles. The third-order valence-corrected chi connectivity index (χ3v) is 5.16. The Balaban J connectivity index is 1.25. The molecule has 1 aliphatic rings. The van der Waals surface area contributed by atoms with Gasteiger partial charge in [-0.15, -0.1) is 0 Å². The van der Waals surface area contributed by atoms with Crippen molar-refractivity contribution in [3.05, 3.63) is 72.4 Å². The minimum atomic E-state index is -0.0574. The maximum Gasteiger partial charge on any atom is 0.289 e. The van der Waals surface area contributed by atoms with Crippen LogP contribution in [0.5, 0.6) is 0 Å². The van der Waals surface area contributed by atoms with Crippen molar-refractivity contribution >= 4 is 11.9 Å². The Labute approximate surface area is 175 Å². The number of hydrogen-bond acceptors (Lipinski definition) is 4. The van der Waals surface area contributed by atoms with Gasteiger partial charge < -0.3 is 19.5 Å². The lowest BCUT2D eigenvalue weighted by molar-refractivity contribution is 0.0658. The van der Waals surface area contributed by atoms with E-state index < -0.39 is 0 Å². The summed E-state index contributed by atoms with van der Waals surface area (Å²) in [5.41, 5.74) is 2.21. The third-order valence-electron chi connectivity index (χ3n) is 5.16. The molecule has 30 heavy (non-hydrogen) atoms. The largest absolute Gasteiger partial charge is 0.459 e. The Morgan fingerprint density at radius 3 is 2.57 bits per heavy atom. The molecule has 0 radical (unpaired) electrons. The molecule has 3 aromatic rings. The fourth-order valence-electron chi connectivity index (χ4n) is 3.54. The molecule has 1 aliphatic heterocycles. The first-order valence-electron chi connectivity index (χ1n) is 10.1. The monoisotopic (exact) mass is 406 g/mol. The summed E-state index contributed by atoms with van der Waals surface area (Å²) in [5.74, 6) is 1.19. The number of rotatable bonds is 5. The fraction of sp³-hybridized carbons (Fsp3) is 0.318. The SMILES string of the molecule is CN=C(NCCc1cnn(-c2ccccc2)c1)N1CCN(C(=O)c2ccco2)CC1. The molecule has 8 heteroatoms. The normalized spacial score (nSPS) is 14.8. The van der Waals surface area contributed by atoms with Gasteiger partial charge in [-0.25, -0.2) is 4.68 Å². The molecule has 1 amide bonds. The van der Waals surface area contributed by atoms with Crippen molar-refractivity contribution in [3.8, 4) is 5.69 Å². The molecule has 1 saturated heterocycles. The quantitative estimate of drug-likeness (QED) is 0.518. The van der Waals surface area contributed by atoms with E-state index in [0.29, 0.717) is 18.8 Å². The van der Waals surface area contributed by atoms with Crippen LogP contribution in [0.15, 0.2) is 70.5 Å². The van der Waals surface area contributed by atoms with E-state index >= 15 is 0 Å². The smallest absolute Gasteiger partial charge is 0.289 e. The van der Waals surface area contributed by atoms with Crippen LogP contribution >= 0.6 is 0 Å². The van der Waals surface area contributed by atoms with E-state index in [1.807, 2.05) is 46.1 Å². The van der Waals surface area contributed by atoms with Gasteiger partial charge in [-0.3, -0.25) is 9.79 Å². The summed E-state index contributed by atoms with van der Waals surface area (Å²) < 4.78 is 7.11. The van der Waals surface area contributed by atoms with Crippen LogP contribution in [-0.2, 0) is 6.42 Å². The molecule has 0 unspecified atom stereocenters. The zero-order chi connectivity index (χ0) is 20.8. The average Bonchev–Trinajstić information content (AvgIpc) is 3.50. The Hall–Kier alpha value is -3.55. The van der Waals surface area contributed by atoms with Crippen LogP contribution < -0.4 is 5.32 Å². The van der Waals surface area contributed by atoms with Gasteiger partial charge in [0.15, 0.2) is 11.7 Å². The summed E-state index contributed by atoms with van der Waals surface area (Å²) in [6.45, 7) is 3.52. The van der Waals surface area contributed by atoms with Gasteiger partial charge >= 0.3 is 0 Å². The number of para-hydroxylation sites is 1. The van der Waals surface area contributed by atoms with Gasteiger partial charge in [-0.1, -0.05) is 18.2 Å². The summed E-state index contributed by atoms with van der Waals surface area (Å²) in [6, 6.07) is 13.5. The van der Waals surface area contributed by atoms with Crippen LogP contribution in [0.1, 0.15) is 16.1 Å². The number of nitrogens with zero attached hydrogens (tertiary/aromatic N) is 5. The Morgan fingerprint density at radius 2 is 1.87 bits per heavy atom. The zero-order valence-corrected chi connectivity index (χ0v) is 17.1. The Morgan fingerprint density at radius 1 is 1.10 bits per heavy atom. The third kappa shape index (κ3) is 4.53. The van der Waals surface area contributed by atoms with E-state index in [4.69, 9.17) is 4.42 Å². The first-order valence-corrected chi connectivity index (χ1v) is 10.1. The summed E-state index contributed by atoms with van der Waals surface area (Å²) in [4.78, 5) is 20.8. The van der Waals surface area contributed by atoms with Crippen molar-refractivity contribution in [3.63, 3.8) is 0 Å². The number of amides is 1. The van der Waals surface area contributed by atoms with Crippen LogP contribution in [-0.4, -0.2) is 71.2 Å². The van der Waals surface area contributed by atoms with Gasteiger partial charge in [0.25, 0.3) is 5.91 Å². The summed E-state index contributed by atoms with van der Waals surface area (Å²) in [5, 5.41) is 7.87. The lowest BCUT2D eigenvalue weighted by Gasteiger charge is -2.36. The molecular weight excluding hydrogens is 380 g/mol. The maximum absolute atomic E-state index is 12.4. The summed E-state index contributed by atoms with van der Waals surface area (Å²) >= 11 is 0. The van der Waals surface area contributed by atoms with Crippen LogP contribution in [0.3, 0.4) is 0 Å². The zero-order valence-electron chi connectivity index (χ0n) is 17.1. The number of piperazine rings is 1. The van der Waals surface area contributed by atoms with Crippen LogP contribution in [0.25, 0.3) is 5.69 Å². The number of benzene rings is 1. The number of guanidine groups is 1. The first kappa shape index (κ1) is 19.8. The second-order valence-electron chi connectivity index (χ2n) is 7.11. The van der Waals surface area contributed by atoms with Crippen LogP contribution in [0.2, 0.25) is 0 Å². The molecule has 0 saturated carbocycles. The van der Waals surface area contributed by atoms with Gasteiger partial charge in [0.2, 0.25) is 0 Å². The molecule has 1 fully saturated rings. The van der Waals surface area contributed by atoms with Crippen molar-refractivity contribution in [2.45, 2.75) is 6.42 Å². The van der Waals surface area contributed by atoms with Gasteiger partial charge in [-0.2, -0.15) is 5.10 Å². The van der Waals surface area contributed by atoms with Crippen molar-refractivity contribution in [1.29, 1.82) is 0 Å². The number of aliphatic imine (C=N–C) groups is 1. The second-order valence-corrected chi connectivity index (χ2v) is 7.11. The standard InChI is InChI=1S/C22H26N6O2/c1-23-22(27-13-11-26(12-14-27)21(29)20-8-5-15-30-20)24-10-9-18-16-25-28(17-18)19-6-3-2-4-7-19/h2-8,15-17H,9-14H2,1H3,(H,23,24).